The molecule has 2 aliphatic rings. The Labute approximate surface area is 193 Å². The second kappa shape index (κ2) is 8.50. The molecule has 0 radical (unpaired) electrons. The molecule has 0 atom stereocenters. The molecule has 4 rings (SSSR count). The zero-order valence-corrected chi connectivity index (χ0v) is 20.1. The number of sulfonamides is 2. The Balaban J connectivity index is 1.60. The third-order valence-corrected chi connectivity index (χ3v) is 8.47. The summed E-state index contributed by atoms with van der Waals surface area (Å²) in [7, 11) is -4.47. The average Bonchev–Trinajstić information content (AvgIpc) is 3.19. The summed E-state index contributed by atoms with van der Waals surface area (Å²) < 4.78 is 63.1. The van der Waals surface area contributed by atoms with E-state index in [1.807, 2.05) is 0 Å². The SMILES string of the molecule is CN(C)S(=O)(=O)c1ccc2c(c1)CCN2C(=O)CN(c1ccc2c(c1)OCCO2)S(C)(=O)=O. The molecule has 0 saturated heterocycles. The summed E-state index contributed by atoms with van der Waals surface area (Å²) in [4.78, 5) is 14.8. The van der Waals surface area contributed by atoms with Gasteiger partial charge >= 0.3 is 0 Å². The van der Waals surface area contributed by atoms with E-state index in [1.54, 1.807) is 30.3 Å². The van der Waals surface area contributed by atoms with Crippen molar-refractivity contribution < 1.29 is 31.1 Å². The fourth-order valence-corrected chi connectivity index (χ4v) is 5.60. The van der Waals surface area contributed by atoms with E-state index in [0.29, 0.717) is 49.1 Å². The maximum atomic E-state index is 13.2. The number of rotatable bonds is 6. The normalized spacial score (nSPS) is 15.5. The predicted octanol–water partition coefficient (Wildman–Crippen LogP) is 1.06. The van der Waals surface area contributed by atoms with Gasteiger partial charge in [-0.15, -0.1) is 0 Å². The Kier molecular flexibility index (Phi) is 6.01. The molecular weight excluding hydrogens is 470 g/mol. The minimum absolute atomic E-state index is 0.148. The van der Waals surface area contributed by atoms with Crippen LogP contribution in [-0.2, 0) is 31.3 Å². The van der Waals surface area contributed by atoms with Gasteiger partial charge < -0.3 is 14.4 Å². The smallest absolute Gasteiger partial charge is 0.247 e. The third-order valence-electron chi connectivity index (χ3n) is 5.52. The maximum Gasteiger partial charge on any atom is 0.247 e. The van der Waals surface area contributed by atoms with Crippen LogP contribution in [-0.4, -0.2) is 73.7 Å². The Morgan fingerprint density at radius 3 is 2.36 bits per heavy atom. The van der Waals surface area contributed by atoms with Crippen LogP contribution in [0.4, 0.5) is 11.4 Å². The fraction of sp³-hybridized carbons (Fsp3) is 0.381. The Hall–Kier alpha value is -2.83. The van der Waals surface area contributed by atoms with Gasteiger partial charge in [0.1, 0.15) is 19.8 Å². The molecular formula is C21H25N3O7S2. The van der Waals surface area contributed by atoms with Crippen molar-refractivity contribution in [1.29, 1.82) is 0 Å². The number of benzene rings is 2. The van der Waals surface area contributed by atoms with Gasteiger partial charge in [0.25, 0.3) is 0 Å². The van der Waals surface area contributed by atoms with Crippen molar-refractivity contribution in [2.75, 3.05) is 55.9 Å². The quantitative estimate of drug-likeness (QED) is 0.589. The van der Waals surface area contributed by atoms with Crippen molar-refractivity contribution in [2.24, 2.45) is 0 Å². The minimum Gasteiger partial charge on any atom is -0.486 e. The van der Waals surface area contributed by atoms with E-state index in [0.717, 1.165) is 20.4 Å². The molecule has 0 aromatic heterocycles. The third kappa shape index (κ3) is 4.50. The van der Waals surface area contributed by atoms with Crippen LogP contribution in [0.25, 0.3) is 0 Å². The number of ether oxygens (including phenoxy) is 2. The minimum atomic E-state index is -3.78. The van der Waals surface area contributed by atoms with Gasteiger partial charge in [-0.3, -0.25) is 9.10 Å². The number of nitrogens with zero attached hydrogens (tertiary/aromatic N) is 3. The van der Waals surface area contributed by atoms with Crippen LogP contribution < -0.4 is 18.7 Å². The summed E-state index contributed by atoms with van der Waals surface area (Å²) in [5, 5.41) is 0. The molecule has 2 aliphatic heterocycles. The summed E-state index contributed by atoms with van der Waals surface area (Å²) in [5.74, 6) is 0.514. The van der Waals surface area contributed by atoms with E-state index >= 15 is 0 Å². The molecule has 0 bridgehead atoms. The van der Waals surface area contributed by atoms with E-state index in [1.165, 1.54) is 25.1 Å². The number of carbonyl (C=O) groups is 1. The topological polar surface area (TPSA) is 114 Å². The highest BCUT2D eigenvalue weighted by molar-refractivity contribution is 7.92. The van der Waals surface area contributed by atoms with E-state index in [2.05, 4.69) is 0 Å². The molecule has 0 aliphatic carbocycles. The number of carbonyl (C=O) groups excluding carboxylic acids is 1. The molecule has 10 nitrogen and oxygen atoms in total. The number of anilines is 2. The Morgan fingerprint density at radius 1 is 1.00 bits per heavy atom. The Morgan fingerprint density at radius 2 is 1.70 bits per heavy atom. The van der Waals surface area contributed by atoms with E-state index in [9.17, 15) is 21.6 Å². The van der Waals surface area contributed by atoms with Crippen LogP contribution in [0.3, 0.4) is 0 Å². The molecule has 2 aromatic carbocycles. The molecule has 0 fully saturated rings. The lowest BCUT2D eigenvalue weighted by Crippen LogP contribution is -2.42. The van der Waals surface area contributed by atoms with Crippen molar-refractivity contribution in [3.63, 3.8) is 0 Å². The second-order valence-corrected chi connectivity index (χ2v) is 12.0. The maximum absolute atomic E-state index is 13.2. The first kappa shape index (κ1) is 23.3. The van der Waals surface area contributed by atoms with Gasteiger partial charge in [0.05, 0.1) is 16.8 Å². The standard InChI is InChI=1S/C21H25N3O7S2/c1-22(2)33(28,29)17-5-6-18-15(12-17)8-9-23(18)21(25)14-24(32(3,26)27)16-4-7-19-20(13-16)31-11-10-30-19/h4-7,12-13H,8-11,14H2,1-3H3. The molecule has 0 saturated carbocycles. The fourth-order valence-electron chi connectivity index (χ4n) is 3.80. The van der Waals surface area contributed by atoms with Crippen LogP contribution in [0.5, 0.6) is 11.5 Å². The first-order valence-electron chi connectivity index (χ1n) is 10.2. The van der Waals surface area contributed by atoms with Gasteiger partial charge in [-0.2, -0.15) is 0 Å². The molecule has 12 heteroatoms. The van der Waals surface area contributed by atoms with Gasteiger partial charge in [0.15, 0.2) is 11.5 Å². The molecule has 2 aromatic rings. The molecule has 33 heavy (non-hydrogen) atoms. The van der Waals surface area contributed by atoms with Gasteiger partial charge in [0, 0.05) is 32.4 Å². The number of hydrogen-bond donors (Lipinski definition) is 0. The van der Waals surface area contributed by atoms with Gasteiger partial charge in [-0.05, 0) is 42.3 Å². The van der Waals surface area contributed by atoms with Crippen molar-refractivity contribution in [3.8, 4) is 11.5 Å². The van der Waals surface area contributed by atoms with E-state index < -0.39 is 32.5 Å². The largest absolute Gasteiger partial charge is 0.486 e. The van der Waals surface area contributed by atoms with Gasteiger partial charge in [-0.25, -0.2) is 21.1 Å². The highest BCUT2D eigenvalue weighted by Gasteiger charge is 2.31. The van der Waals surface area contributed by atoms with E-state index in [-0.39, 0.29) is 4.90 Å². The zero-order chi connectivity index (χ0) is 24.0. The molecule has 2 heterocycles. The van der Waals surface area contributed by atoms with Crippen molar-refractivity contribution in [2.45, 2.75) is 11.3 Å². The number of fused-ring (bicyclic) bond motifs is 2. The first-order valence-corrected chi connectivity index (χ1v) is 13.5. The number of amides is 1. The van der Waals surface area contributed by atoms with Gasteiger partial charge in [0.2, 0.25) is 26.0 Å². The van der Waals surface area contributed by atoms with Crippen LogP contribution in [0.15, 0.2) is 41.3 Å². The summed E-state index contributed by atoms with van der Waals surface area (Å²) in [6, 6.07) is 9.33. The highest BCUT2D eigenvalue weighted by Crippen LogP contribution is 2.35. The lowest BCUT2D eigenvalue weighted by Gasteiger charge is -2.27. The van der Waals surface area contributed by atoms with E-state index in [4.69, 9.17) is 9.47 Å². The van der Waals surface area contributed by atoms with Crippen LogP contribution in [0, 0.1) is 0 Å². The summed E-state index contributed by atoms with van der Waals surface area (Å²) in [5.41, 5.74) is 1.59. The number of hydrogen-bond acceptors (Lipinski definition) is 7. The van der Waals surface area contributed by atoms with Crippen LogP contribution in [0.1, 0.15) is 5.56 Å². The monoisotopic (exact) mass is 495 g/mol. The molecule has 178 valence electrons. The average molecular weight is 496 g/mol. The lowest BCUT2D eigenvalue weighted by molar-refractivity contribution is -0.117. The lowest BCUT2D eigenvalue weighted by atomic mass is 10.2. The zero-order valence-electron chi connectivity index (χ0n) is 18.5. The van der Waals surface area contributed by atoms with Crippen molar-refractivity contribution >= 4 is 37.3 Å². The second-order valence-electron chi connectivity index (χ2n) is 7.97. The first-order chi connectivity index (χ1) is 15.5. The summed E-state index contributed by atoms with van der Waals surface area (Å²) >= 11 is 0. The highest BCUT2D eigenvalue weighted by atomic mass is 32.2. The van der Waals surface area contributed by atoms with Crippen LogP contribution in [0.2, 0.25) is 0 Å². The molecule has 0 N–H and O–H groups in total. The molecule has 1 amide bonds. The summed E-state index contributed by atoms with van der Waals surface area (Å²) in [6.07, 6.45) is 1.51. The molecule has 0 spiro atoms. The van der Waals surface area contributed by atoms with Gasteiger partial charge in [-0.1, -0.05) is 0 Å². The Bertz CT molecular complexity index is 1310. The predicted molar refractivity (Wildman–Crippen MR) is 123 cm³/mol. The molecule has 0 unspecified atom stereocenters. The van der Waals surface area contributed by atoms with Crippen molar-refractivity contribution in [3.05, 3.63) is 42.0 Å². The van der Waals surface area contributed by atoms with Crippen LogP contribution >= 0.6 is 0 Å². The van der Waals surface area contributed by atoms with Crippen molar-refractivity contribution in [1.82, 2.24) is 4.31 Å². The summed E-state index contributed by atoms with van der Waals surface area (Å²) in [6.45, 7) is 0.685.